The Hall–Kier alpha value is -2.48. The molecule has 0 unspecified atom stereocenters. The van der Waals surface area contributed by atoms with E-state index in [9.17, 15) is 9.18 Å². The number of benzene rings is 1. The van der Waals surface area contributed by atoms with Crippen LogP contribution in [0, 0.1) is 11.8 Å². The van der Waals surface area contributed by atoms with E-state index in [1.54, 1.807) is 0 Å². The Morgan fingerprint density at radius 2 is 1.70 bits per heavy atom. The Kier molecular flexibility index (Phi) is 6.95. The van der Waals surface area contributed by atoms with E-state index in [2.05, 4.69) is 26.7 Å². The second-order valence-corrected chi connectivity index (χ2v) is 11.7. The molecule has 6 nitrogen and oxygen atoms in total. The van der Waals surface area contributed by atoms with Gasteiger partial charge in [-0.15, -0.1) is 0 Å². The summed E-state index contributed by atoms with van der Waals surface area (Å²) in [4.78, 5) is 29.6. The average molecular weight is 501 g/mol. The topological polar surface area (TPSA) is 52.6 Å². The summed E-state index contributed by atoms with van der Waals surface area (Å²) >= 11 is 0. The summed E-state index contributed by atoms with van der Waals surface area (Å²) in [6.45, 7) is 7.71. The van der Waals surface area contributed by atoms with Crippen molar-refractivity contribution in [1.29, 1.82) is 0 Å². The predicted molar refractivity (Wildman–Crippen MR) is 144 cm³/mol. The third-order valence-corrected chi connectivity index (χ3v) is 8.64. The molecule has 0 spiro atoms. The first-order valence-corrected chi connectivity index (χ1v) is 14.1. The quantitative estimate of drug-likeness (QED) is 0.494. The molecule has 194 valence electrons. The van der Waals surface area contributed by atoms with E-state index in [4.69, 9.17) is 7.85 Å². The van der Waals surface area contributed by atoms with Gasteiger partial charge in [0, 0.05) is 51.4 Å². The zero-order valence-corrected chi connectivity index (χ0v) is 21.9. The molecule has 0 bridgehead atoms. The van der Waals surface area contributed by atoms with Crippen LogP contribution in [0.1, 0.15) is 73.9 Å². The van der Waals surface area contributed by atoms with Crippen molar-refractivity contribution in [3.8, 4) is 0 Å². The highest BCUT2D eigenvalue weighted by molar-refractivity contribution is 6.32. The lowest BCUT2D eigenvalue weighted by Crippen LogP contribution is -2.51. The Balaban J connectivity index is 1.17. The van der Waals surface area contributed by atoms with Gasteiger partial charge in [-0.05, 0) is 55.4 Å². The summed E-state index contributed by atoms with van der Waals surface area (Å²) in [6, 6.07) is 7.88. The van der Waals surface area contributed by atoms with Crippen LogP contribution >= 0.6 is 0 Å². The Labute approximate surface area is 221 Å². The van der Waals surface area contributed by atoms with Gasteiger partial charge in [0.2, 0.25) is 5.91 Å². The van der Waals surface area contributed by atoms with Gasteiger partial charge >= 0.3 is 0 Å². The predicted octanol–water partition coefficient (Wildman–Crippen LogP) is 3.34. The molecule has 3 fully saturated rings. The number of alkyl halides is 1. The number of amides is 1. The van der Waals surface area contributed by atoms with Crippen molar-refractivity contribution < 1.29 is 9.18 Å². The van der Waals surface area contributed by atoms with Gasteiger partial charge in [0.15, 0.2) is 0 Å². The monoisotopic (exact) mass is 501 g/mol. The summed E-state index contributed by atoms with van der Waals surface area (Å²) < 4.78 is 14.5. The first-order valence-electron chi connectivity index (χ1n) is 14.1. The van der Waals surface area contributed by atoms with E-state index in [0.717, 1.165) is 53.9 Å². The van der Waals surface area contributed by atoms with Crippen LogP contribution < -0.4 is 10.4 Å². The lowest BCUT2D eigenvalue weighted by Gasteiger charge is -2.38. The smallest absolute Gasteiger partial charge is 0.231 e. The fourth-order valence-corrected chi connectivity index (χ4v) is 6.14. The van der Waals surface area contributed by atoms with Crippen LogP contribution in [0.25, 0.3) is 0 Å². The molecule has 1 saturated heterocycles. The highest BCUT2D eigenvalue weighted by Crippen LogP contribution is 2.44. The van der Waals surface area contributed by atoms with Crippen molar-refractivity contribution in [2.75, 3.05) is 50.7 Å². The molecule has 1 aliphatic heterocycles. The number of carbonyl (C=O) groups excluding carboxylic acids is 1. The number of halogens is 1. The number of piperazine rings is 1. The summed E-state index contributed by atoms with van der Waals surface area (Å²) in [6.07, 6.45) is 6.22. The molecule has 1 amide bonds. The summed E-state index contributed by atoms with van der Waals surface area (Å²) in [5, 5.41) is 0. The van der Waals surface area contributed by atoms with E-state index in [1.165, 1.54) is 32.0 Å². The van der Waals surface area contributed by atoms with Gasteiger partial charge in [-0.1, -0.05) is 36.7 Å². The molecule has 1 aromatic heterocycles. The Morgan fingerprint density at radius 3 is 2.32 bits per heavy atom. The van der Waals surface area contributed by atoms with Crippen molar-refractivity contribution in [3.05, 3.63) is 47.4 Å². The molecular formula is C29H37BFN5O. The minimum Gasteiger partial charge on any atom is -0.353 e. The van der Waals surface area contributed by atoms with Crippen molar-refractivity contribution >= 4 is 25.0 Å². The molecule has 37 heavy (non-hydrogen) atoms. The largest absolute Gasteiger partial charge is 0.353 e. The molecule has 3 atom stereocenters. The maximum atomic E-state index is 14.5. The molecule has 8 heteroatoms. The molecule has 2 radical (unpaired) electrons. The van der Waals surface area contributed by atoms with Crippen molar-refractivity contribution in [1.82, 2.24) is 19.8 Å². The van der Waals surface area contributed by atoms with E-state index >= 15 is 0 Å². The maximum absolute atomic E-state index is 14.5. The number of hydrogen-bond donors (Lipinski definition) is 0. The Morgan fingerprint density at radius 1 is 1.05 bits per heavy atom. The number of hydrogen-bond acceptors (Lipinski definition) is 5. The van der Waals surface area contributed by atoms with Crippen LogP contribution in [-0.4, -0.2) is 79.3 Å². The SMILES string of the molecule is [B]c1ccc([C@@H](CN(CC2CC2)CC2CC2)C(=O)N2CCN(c3ncnc4c3[C@H](C)C[C@H]4F)CC2)cc1. The first-order chi connectivity index (χ1) is 18.0. The van der Waals surface area contributed by atoms with Crippen LogP contribution in [-0.2, 0) is 4.79 Å². The normalized spacial score (nSPS) is 24.4. The van der Waals surface area contributed by atoms with Crippen molar-refractivity contribution in [2.45, 2.75) is 57.0 Å². The van der Waals surface area contributed by atoms with Crippen LogP contribution in [0.3, 0.4) is 0 Å². The molecule has 2 aromatic rings. The third-order valence-electron chi connectivity index (χ3n) is 8.64. The second kappa shape index (κ2) is 10.4. The molecular weight excluding hydrogens is 464 g/mol. The van der Waals surface area contributed by atoms with E-state index in [0.29, 0.717) is 38.3 Å². The number of aromatic nitrogens is 2. The van der Waals surface area contributed by atoms with Crippen molar-refractivity contribution in [3.63, 3.8) is 0 Å². The lowest BCUT2D eigenvalue weighted by molar-refractivity contribution is -0.133. The molecule has 6 rings (SSSR count). The van der Waals surface area contributed by atoms with Gasteiger partial charge in [-0.2, -0.15) is 0 Å². The van der Waals surface area contributed by atoms with Crippen LogP contribution in [0.2, 0.25) is 0 Å². The number of carbonyl (C=O) groups is 1. The molecule has 3 aliphatic carbocycles. The lowest BCUT2D eigenvalue weighted by atomic mass is 9.90. The van der Waals surface area contributed by atoms with Crippen molar-refractivity contribution in [2.24, 2.45) is 11.8 Å². The molecule has 1 aromatic carbocycles. The minimum absolute atomic E-state index is 0.111. The standard InChI is InChI=1S/C29H37BFN5O/c1-19-14-25(31)27-26(19)28(33-18-32-27)35-10-12-36(13-11-35)29(37)24(22-6-8-23(30)9-7-22)17-34(15-20-2-3-20)16-21-4-5-21/h6-9,18-21,24-25H,2-5,10-17H2,1H3/t19-,24-,25-/m1/s1. The summed E-state index contributed by atoms with van der Waals surface area (Å²) in [7, 11) is 5.98. The van der Waals surface area contributed by atoms with Gasteiger partial charge in [0.1, 0.15) is 26.2 Å². The van der Waals surface area contributed by atoms with Gasteiger partial charge in [-0.3, -0.25) is 4.79 Å². The number of anilines is 1. The molecule has 2 saturated carbocycles. The Bertz CT molecular complexity index is 1100. The van der Waals surface area contributed by atoms with E-state index < -0.39 is 6.17 Å². The molecule has 4 aliphatic rings. The first kappa shape index (κ1) is 24.8. The van der Waals surface area contributed by atoms with Gasteiger partial charge in [0.25, 0.3) is 0 Å². The molecule has 2 heterocycles. The van der Waals surface area contributed by atoms with Gasteiger partial charge in [0.05, 0.1) is 11.6 Å². The zero-order chi connectivity index (χ0) is 25.5. The second-order valence-electron chi connectivity index (χ2n) is 11.7. The van der Waals surface area contributed by atoms with Crippen LogP contribution in [0.15, 0.2) is 30.6 Å². The summed E-state index contributed by atoms with van der Waals surface area (Å²) in [5.74, 6) is 2.56. The van der Waals surface area contributed by atoms with Gasteiger partial charge < -0.3 is 14.7 Å². The highest BCUT2D eigenvalue weighted by atomic mass is 19.1. The fourth-order valence-electron chi connectivity index (χ4n) is 6.14. The highest BCUT2D eigenvalue weighted by Gasteiger charge is 2.37. The van der Waals surface area contributed by atoms with E-state index in [1.807, 2.05) is 29.2 Å². The molecule has 0 N–H and O–H groups in total. The fraction of sp³-hybridized carbons (Fsp3) is 0.621. The number of fused-ring (bicyclic) bond motifs is 1. The van der Waals surface area contributed by atoms with E-state index in [-0.39, 0.29) is 17.7 Å². The van der Waals surface area contributed by atoms with Gasteiger partial charge in [-0.25, -0.2) is 14.4 Å². The summed E-state index contributed by atoms with van der Waals surface area (Å²) in [5.41, 5.74) is 3.27. The number of nitrogens with zero attached hydrogens (tertiary/aromatic N) is 5. The third kappa shape index (κ3) is 5.54. The average Bonchev–Trinajstić information content (AvgIpc) is 3.84. The zero-order valence-electron chi connectivity index (χ0n) is 21.9. The maximum Gasteiger partial charge on any atom is 0.231 e. The van der Waals surface area contributed by atoms with Crippen LogP contribution in [0.5, 0.6) is 0 Å². The minimum atomic E-state index is -1.01. The van der Waals surface area contributed by atoms with Crippen LogP contribution in [0.4, 0.5) is 10.2 Å². The number of rotatable bonds is 9.